The van der Waals surface area contributed by atoms with Crippen molar-refractivity contribution < 1.29 is 4.79 Å². The number of nitrogens with zero attached hydrogens (tertiary/aromatic N) is 1. The molecular weight excluding hydrogens is 188 g/mol. The molecule has 1 fully saturated rings. The van der Waals surface area contributed by atoms with Crippen LogP contribution in [0.3, 0.4) is 0 Å². The second-order valence-corrected chi connectivity index (χ2v) is 4.66. The second-order valence-electron chi connectivity index (χ2n) is 4.66. The topological polar surface area (TPSA) is 42.2 Å². The van der Waals surface area contributed by atoms with Crippen LogP contribution >= 0.6 is 0 Å². The number of anilines is 1. The Morgan fingerprint density at radius 1 is 1.47 bits per heavy atom. The summed E-state index contributed by atoms with van der Waals surface area (Å²) in [6, 6.07) is 6.34. The summed E-state index contributed by atoms with van der Waals surface area (Å²) in [5.41, 5.74) is 3.67. The van der Waals surface area contributed by atoms with Crippen LogP contribution in [-0.4, -0.2) is 19.5 Å². The first-order chi connectivity index (χ1) is 7.10. The molecule has 2 aliphatic rings. The van der Waals surface area contributed by atoms with E-state index in [9.17, 15) is 4.79 Å². The maximum absolute atomic E-state index is 11.5. The normalized spacial score (nSPS) is 28.1. The van der Waals surface area contributed by atoms with E-state index in [1.54, 1.807) is 4.90 Å². The molecule has 0 spiro atoms. The molecule has 0 saturated carbocycles. The molecule has 1 aromatic rings. The number of benzene rings is 1. The molecule has 0 radical (unpaired) electrons. The molecule has 2 aliphatic heterocycles. The highest BCUT2D eigenvalue weighted by Gasteiger charge is 2.39. The van der Waals surface area contributed by atoms with Crippen LogP contribution in [0, 0.1) is 0 Å². The van der Waals surface area contributed by atoms with Gasteiger partial charge >= 0.3 is 0 Å². The summed E-state index contributed by atoms with van der Waals surface area (Å²) in [6.45, 7) is 3.23. The number of rotatable bonds is 1. The Morgan fingerprint density at radius 3 is 2.87 bits per heavy atom. The van der Waals surface area contributed by atoms with Crippen molar-refractivity contribution in [2.45, 2.75) is 18.9 Å². The summed E-state index contributed by atoms with van der Waals surface area (Å²) in [5, 5.41) is 3.34. The van der Waals surface area contributed by atoms with Crippen molar-refractivity contribution in [1.29, 1.82) is 0 Å². The molecule has 0 aliphatic carbocycles. The van der Waals surface area contributed by atoms with E-state index in [1.807, 2.05) is 7.05 Å². The molecule has 1 aromatic carbocycles. The Balaban J connectivity index is 2.05. The number of carbonyl (C=O) groups is 1. The summed E-state index contributed by atoms with van der Waals surface area (Å²) in [4.78, 5) is 13.3. The number of fused-ring (bicyclic) bond motifs is 1. The molecule has 1 atom stereocenters. The van der Waals surface area contributed by atoms with Crippen LogP contribution in [0.4, 0.5) is 5.69 Å². The molecule has 2 heterocycles. The molecule has 3 nitrogen and oxygen atoms in total. The van der Waals surface area contributed by atoms with E-state index in [-0.39, 0.29) is 11.4 Å². The Bertz CT molecular complexity index is 449. The maximum atomic E-state index is 11.5. The van der Waals surface area contributed by atoms with E-state index in [1.165, 1.54) is 5.56 Å². The molecule has 3 rings (SSSR count). The Kier molecular flexibility index (Phi) is 1.55. The van der Waals surface area contributed by atoms with Crippen LogP contribution < -0.4 is 10.2 Å². The predicted octanol–water partition coefficient (Wildman–Crippen LogP) is 1.02. The molecule has 0 aromatic heterocycles. The third-order valence-corrected chi connectivity index (χ3v) is 3.50. The quantitative estimate of drug-likeness (QED) is 0.691. The lowest BCUT2D eigenvalue weighted by Crippen LogP contribution is -2.20. The van der Waals surface area contributed by atoms with Gasteiger partial charge < -0.3 is 10.2 Å². The molecule has 1 amide bonds. The third-order valence-electron chi connectivity index (χ3n) is 3.50. The number of hydrogen-bond acceptors (Lipinski definition) is 2. The van der Waals surface area contributed by atoms with Crippen LogP contribution in [0.1, 0.15) is 18.1 Å². The van der Waals surface area contributed by atoms with Crippen molar-refractivity contribution in [2.75, 3.05) is 18.5 Å². The van der Waals surface area contributed by atoms with Gasteiger partial charge in [0.2, 0.25) is 5.91 Å². The lowest BCUT2D eigenvalue weighted by atomic mass is 9.98. The number of carbonyl (C=O) groups excluding carboxylic acids is 1. The molecule has 0 bridgehead atoms. The van der Waals surface area contributed by atoms with Gasteiger partial charge in [-0.1, -0.05) is 12.1 Å². The number of amides is 1. The fraction of sp³-hybridized carbons (Fsp3) is 0.417. The van der Waals surface area contributed by atoms with Gasteiger partial charge in [-0.05, 0) is 24.1 Å². The lowest BCUT2D eigenvalue weighted by Gasteiger charge is -2.12. The van der Waals surface area contributed by atoms with Gasteiger partial charge in [0.1, 0.15) is 0 Å². The van der Waals surface area contributed by atoms with Gasteiger partial charge in [-0.15, -0.1) is 0 Å². The third kappa shape index (κ3) is 1.20. The number of hydrogen-bond donors (Lipinski definition) is 1. The highest BCUT2D eigenvalue weighted by Crippen LogP contribution is 2.35. The summed E-state index contributed by atoms with van der Waals surface area (Å²) in [7, 11) is 1.84. The first kappa shape index (κ1) is 8.92. The van der Waals surface area contributed by atoms with Crippen molar-refractivity contribution in [2.24, 2.45) is 0 Å². The fourth-order valence-corrected chi connectivity index (χ4v) is 2.15. The van der Waals surface area contributed by atoms with E-state index in [2.05, 4.69) is 30.4 Å². The average Bonchev–Trinajstić information content (AvgIpc) is 2.90. The van der Waals surface area contributed by atoms with Gasteiger partial charge in [0.25, 0.3) is 0 Å². The van der Waals surface area contributed by atoms with E-state index in [0.717, 1.165) is 17.8 Å². The van der Waals surface area contributed by atoms with Crippen molar-refractivity contribution in [3.8, 4) is 0 Å². The molecule has 1 N–H and O–H groups in total. The van der Waals surface area contributed by atoms with Gasteiger partial charge in [-0.2, -0.15) is 0 Å². The molecule has 1 unspecified atom stereocenters. The van der Waals surface area contributed by atoms with Crippen molar-refractivity contribution in [3.05, 3.63) is 29.3 Å². The van der Waals surface area contributed by atoms with Crippen LogP contribution in [0.2, 0.25) is 0 Å². The average molecular weight is 202 g/mol. The Morgan fingerprint density at radius 2 is 2.20 bits per heavy atom. The van der Waals surface area contributed by atoms with Gasteiger partial charge in [0, 0.05) is 19.3 Å². The van der Waals surface area contributed by atoms with Gasteiger partial charge in [0.05, 0.1) is 12.0 Å². The standard InChI is InChI=1S/C12H14N2O/c1-12(7-13-12)9-3-4-10-8(5-9)6-11(15)14(10)2/h3-5,13H,6-7H2,1-2H3. The minimum absolute atomic E-state index is 0.152. The minimum Gasteiger partial charge on any atom is -0.315 e. The first-order valence-corrected chi connectivity index (χ1v) is 5.25. The zero-order valence-electron chi connectivity index (χ0n) is 9.00. The highest BCUT2D eigenvalue weighted by atomic mass is 16.2. The van der Waals surface area contributed by atoms with Gasteiger partial charge in [-0.3, -0.25) is 4.79 Å². The van der Waals surface area contributed by atoms with Crippen LogP contribution in [-0.2, 0) is 16.8 Å². The molecule has 3 heteroatoms. The molecule has 78 valence electrons. The van der Waals surface area contributed by atoms with Crippen molar-refractivity contribution in [1.82, 2.24) is 5.32 Å². The van der Waals surface area contributed by atoms with Gasteiger partial charge in [0.15, 0.2) is 0 Å². The molecular formula is C12H14N2O. The van der Waals surface area contributed by atoms with Crippen LogP contribution in [0.25, 0.3) is 0 Å². The van der Waals surface area contributed by atoms with Crippen molar-refractivity contribution >= 4 is 11.6 Å². The predicted molar refractivity (Wildman–Crippen MR) is 58.9 cm³/mol. The van der Waals surface area contributed by atoms with Crippen LogP contribution in [0.15, 0.2) is 18.2 Å². The second kappa shape index (κ2) is 2.61. The Labute approximate surface area is 89.1 Å². The first-order valence-electron chi connectivity index (χ1n) is 5.25. The summed E-state index contributed by atoms with van der Waals surface area (Å²) >= 11 is 0. The zero-order valence-corrected chi connectivity index (χ0v) is 9.00. The van der Waals surface area contributed by atoms with Crippen molar-refractivity contribution in [3.63, 3.8) is 0 Å². The number of likely N-dealkylation sites (N-methyl/N-ethyl adjacent to an activating group) is 1. The lowest BCUT2D eigenvalue weighted by molar-refractivity contribution is -0.117. The van der Waals surface area contributed by atoms with E-state index in [0.29, 0.717) is 6.42 Å². The fourth-order valence-electron chi connectivity index (χ4n) is 2.15. The molecule has 1 saturated heterocycles. The smallest absolute Gasteiger partial charge is 0.231 e. The van der Waals surface area contributed by atoms with E-state index in [4.69, 9.17) is 0 Å². The number of nitrogens with one attached hydrogen (secondary N) is 1. The SMILES string of the molecule is CN1C(=O)Cc2cc(C3(C)CN3)ccc21. The van der Waals surface area contributed by atoms with Crippen LogP contribution in [0.5, 0.6) is 0 Å². The summed E-state index contributed by atoms with van der Waals surface area (Å²) in [5.74, 6) is 0.191. The van der Waals surface area contributed by atoms with E-state index < -0.39 is 0 Å². The maximum Gasteiger partial charge on any atom is 0.231 e. The minimum atomic E-state index is 0.152. The molecule has 15 heavy (non-hydrogen) atoms. The zero-order chi connectivity index (χ0) is 10.6. The Hall–Kier alpha value is -1.35. The largest absolute Gasteiger partial charge is 0.315 e. The van der Waals surface area contributed by atoms with Gasteiger partial charge in [-0.25, -0.2) is 0 Å². The summed E-state index contributed by atoms with van der Waals surface area (Å²) in [6.07, 6.45) is 0.551. The monoisotopic (exact) mass is 202 g/mol. The summed E-state index contributed by atoms with van der Waals surface area (Å²) < 4.78 is 0. The highest BCUT2D eigenvalue weighted by molar-refractivity contribution is 6.00. The van der Waals surface area contributed by atoms with E-state index >= 15 is 0 Å².